The minimum atomic E-state index is -0.281. The molecular weight excluding hydrogens is 390 g/mol. The predicted molar refractivity (Wildman–Crippen MR) is 111 cm³/mol. The molecule has 2 amide bonds. The number of anilines is 2. The quantitative estimate of drug-likeness (QED) is 0.371. The smallest absolute Gasteiger partial charge is 0.323 e. The van der Waals surface area contributed by atoms with Crippen LogP contribution in [0.2, 0.25) is 0 Å². The van der Waals surface area contributed by atoms with Gasteiger partial charge in [0.2, 0.25) is 0 Å². The molecule has 26 heavy (non-hydrogen) atoms. The highest BCUT2D eigenvalue weighted by Gasteiger charge is 2.06. The van der Waals surface area contributed by atoms with Crippen LogP contribution in [0.3, 0.4) is 0 Å². The van der Waals surface area contributed by atoms with Gasteiger partial charge in [-0.15, -0.1) is 0 Å². The Morgan fingerprint density at radius 3 is 2.31 bits per heavy atom. The van der Waals surface area contributed by atoms with Gasteiger partial charge in [0.15, 0.2) is 0 Å². The molecule has 3 N–H and O–H groups in total. The van der Waals surface area contributed by atoms with Crippen molar-refractivity contribution in [2.45, 2.75) is 0 Å². The molecule has 0 aliphatic rings. The molecule has 4 rings (SSSR count). The molecule has 3 aromatic carbocycles. The first-order valence-electron chi connectivity index (χ1n) is 8.19. The lowest BCUT2D eigenvalue weighted by Crippen LogP contribution is -2.19. The lowest BCUT2D eigenvalue weighted by Gasteiger charge is -2.09. The molecule has 5 heteroatoms. The summed E-state index contributed by atoms with van der Waals surface area (Å²) in [5, 5.41) is 6.86. The number of aromatic amines is 1. The second kappa shape index (κ2) is 7.06. The van der Waals surface area contributed by atoms with Gasteiger partial charge in [-0.1, -0.05) is 52.3 Å². The van der Waals surface area contributed by atoms with Crippen molar-refractivity contribution in [3.63, 3.8) is 0 Å². The van der Waals surface area contributed by atoms with Gasteiger partial charge in [0, 0.05) is 38.0 Å². The molecule has 4 nitrogen and oxygen atoms in total. The Balaban J connectivity index is 1.53. The number of nitrogens with one attached hydrogen (secondary N) is 3. The van der Waals surface area contributed by atoms with E-state index in [1.165, 1.54) is 0 Å². The monoisotopic (exact) mass is 405 g/mol. The van der Waals surface area contributed by atoms with Gasteiger partial charge in [-0.3, -0.25) is 0 Å². The van der Waals surface area contributed by atoms with Gasteiger partial charge in [-0.05, 0) is 42.5 Å². The van der Waals surface area contributed by atoms with E-state index < -0.39 is 0 Å². The summed E-state index contributed by atoms with van der Waals surface area (Å²) in [5.41, 5.74) is 4.58. The highest BCUT2D eigenvalue weighted by molar-refractivity contribution is 9.10. The first-order valence-corrected chi connectivity index (χ1v) is 8.98. The zero-order chi connectivity index (χ0) is 17.9. The number of rotatable bonds is 3. The molecule has 0 atom stereocenters. The number of urea groups is 1. The van der Waals surface area contributed by atoms with Gasteiger partial charge in [0.05, 0.1) is 0 Å². The molecule has 0 saturated carbocycles. The Kier molecular flexibility index (Phi) is 4.46. The van der Waals surface area contributed by atoms with Crippen molar-refractivity contribution in [1.82, 2.24) is 4.98 Å². The SMILES string of the molecule is O=C(Nc1cccc(Br)c1)Nc1cccc(-c2cc3ccccc3[nH]2)c1. The van der Waals surface area contributed by atoms with Crippen LogP contribution in [-0.4, -0.2) is 11.0 Å². The maximum atomic E-state index is 12.2. The fourth-order valence-electron chi connectivity index (χ4n) is 2.85. The van der Waals surface area contributed by atoms with E-state index in [-0.39, 0.29) is 6.03 Å². The molecule has 0 radical (unpaired) electrons. The Bertz CT molecular complexity index is 1050. The molecule has 0 bridgehead atoms. The molecule has 0 saturated heterocycles. The van der Waals surface area contributed by atoms with E-state index in [0.29, 0.717) is 0 Å². The van der Waals surface area contributed by atoms with E-state index in [9.17, 15) is 4.79 Å². The van der Waals surface area contributed by atoms with Crippen molar-refractivity contribution in [1.29, 1.82) is 0 Å². The summed E-state index contributed by atoms with van der Waals surface area (Å²) >= 11 is 3.39. The topological polar surface area (TPSA) is 56.9 Å². The third-order valence-electron chi connectivity index (χ3n) is 4.04. The number of carbonyl (C=O) groups excluding carboxylic acids is 1. The van der Waals surface area contributed by atoms with Crippen LogP contribution in [0.1, 0.15) is 0 Å². The highest BCUT2D eigenvalue weighted by Crippen LogP contribution is 2.26. The minimum Gasteiger partial charge on any atom is -0.355 e. The van der Waals surface area contributed by atoms with Gasteiger partial charge < -0.3 is 15.6 Å². The molecule has 1 heterocycles. The molecular formula is C21H16BrN3O. The minimum absolute atomic E-state index is 0.281. The van der Waals surface area contributed by atoms with Crippen LogP contribution in [0, 0.1) is 0 Å². The number of para-hydroxylation sites is 1. The molecule has 1 aromatic heterocycles. The number of aromatic nitrogens is 1. The largest absolute Gasteiger partial charge is 0.355 e. The Morgan fingerprint density at radius 2 is 1.54 bits per heavy atom. The van der Waals surface area contributed by atoms with Crippen molar-refractivity contribution < 1.29 is 4.79 Å². The van der Waals surface area contributed by atoms with Crippen LogP contribution < -0.4 is 10.6 Å². The molecule has 0 spiro atoms. The molecule has 4 aromatic rings. The number of benzene rings is 3. The molecule has 0 aliphatic heterocycles. The lowest BCUT2D eigenvalue weighted by atomic mass is 10.1. The Morgan fingerprint density at radius 1 is 0.808 bits per heavy atom. The molecule has 0 fully saturated rings. The van der Waals surface area contributed by atoms with Crippen molar-refractivity contribution in [2.24, 2.45) is 0 Å². The number of carbonyl (C=O) groups is 1. The lowest BCUT2D eigenvalue weighted by molar-refractivity contribution is 0.262. The summed E-state index contributed by atoms with van der Waals surface area (Å²) in [4.78, 5) is 15.6. The first-order chi connectivity index (χ1) is 12.7. The van der Waals surface area contributed by atoms with Crippen molar-refractivity contribution in [3.8, 4) is 11.3 Å². The fraction of sp³-hybridized carbons (Fsp3) is 0. The van der Waals surface area contributed by atoms with Crippen LogP contribution >= 0.6 is 15.9 Å². The summed E-state index contributed by atoms with van der Waals surface area (Å²) in [5.74, 6) is 0. The zero-order valence-electron chi connectivity index (χ0n) is 13.8. The summed E-state index contributed by atoms with van der Waals surface area (Å²) < 4.78 is 0.913. The number of hydrogen-bond acceptors (Lipinski definition) is 1. The zero-order valence-corrected chi connectivity index (χ0v) is 15.4. The van der Waals surface area contributed by atoms with Crippen molar-refractivity contribution in [2.75, 3.05) is 10.6 Å². The summed E-state index contributed by atoms with van der Waals surface area (Å²) in [6, 6.07) is 25.2. The second-order valence-electron chi connectivity index (χ2n) is 5.94. The van der Waals surface area contributed by atoms with Gasteiger partial charge in [-0.25, -0.2) is 4.79 Å². The summed E-state index contributed by atoms with van der Waals surface area (Å²) in [7, 11) is 0. The van der Waals surface area contributed by atoms with Crippen LogP contribution in [0.25, 0.3) is 22.2 Å². The third kappa shape index (κ3) is 3.63. The summed E-state index contributed by atoms with van der Waals surface area (Å²) in [6.07, 6.45) is 0. The van der Waals surface area contributed by atoms with Crippen LogP contribution in [0.4, 0.5) is 16.2 Å². The first kappa shape index (κ1) is 16.4. The molecule has 0 aliphatic carbocycles. The van der Waals surface area contributed by atoms with E-state index in [2.05, 4.69) is 43.7 Å². The van der Waals surface area contributed by atoms with Crippen molar-refractivity contribution >= 4 is 44.2 Å². The van der Waals surface area contributed by atoms with E-state index >= 15 is 0 Å². The number of amides is 2. The average molecular weight is 406 g/mol. The van der Waals surface area contributed by atoms with E-state index in [1.807, 2.05) is 66.7 Å². The van der Waals surface area contributed by atoms with E-state index in [0.717, 1.165) is 38.0 Å². The van der Waals surface area contributed by atoms with E-state index in [1.54, 1.807) is 0 Å². The van der Waals surface area contributed by atoms with Crippen LogP contribution in [0.15, 0.2) is 83.3 Å². The maximum Gasteiger partial charge on any atom is 0.323 e. The third-order valence-corrected chi connectivity index (χ3v) is 4.54. The Labute approximate surface area is 159 Å². The van der Waals surface area contributed by atoms with E-state index in [4.69, 9.17) is 0 Å². The second-order valence-corrected chi connectivity index (χ2v) is 6.86. The van der Waals surface area contributed by atoms with Gasteiger partial charge >= 0.3 is 6.03 Å². The maximum absolute atomic E-state index is 12.2. The van der Waals surface area contributed by atoms with Crippen molar-refractivity contribution in [3.05, 3.63) is 83.3 Å². The van der Waals surface area contributed by atoms with Gasteiger partial charge in [0.1, 0.15) is 0 Å². The fourth-order valence-corrected chi connectivity index (χ4v) is 3.25. The summed E-state index contributed by atoms with van der Waals surface area (Å²) in [6.45, 7) is 0. The number of hydrogen-bond donors (Lipinski definition) is 3. The van der Waals surface area contributed by atoms with Gasteiger partial charge in [0.25, 0.3) is 0 Å². The van der Waals surface area contributed by atoms with Crippen LogP contribution in [-0.2, 0) is 0 Å². The standard InChI is InChI=1S/C21H16BrN3O/c22-16-7-4-9-18(13-16)24-21(26)23-17-8-3-6-14(11-17)20-12-15-5-1-2-10-19(15)25-20/h1-13,25H,(H2,23,24,26). The predicted octanol–water partition coefficient (Wildman–Crippen LogP) is 6.24. The highest BCUT2D eigenvalue weighted by atomic mass is 79.9. The van der Waals surface area contributed by atoms with Crippen LogP contribution in [0.5, 0.6) is 0 Å². The van der Waals surface area contributed by atoms with Gasteiger partial charge in [-0.2, -0.15) is 0 Å². The number of H-pyrrole nitrogens is 1. The number of halogens is 1. The number of fused-ring (bicyclic) bond motifs is 1. The normalized spacial score (nSPS) is 10.7. The Hall–Kier alpha value is -3.05. The molecule has 0 unspecified atom stereocenters. The molecule has 128 valence electrons. The average Bonchev–Trinajstić information content (AvgIpc) is 3.06.